The van der Waals surface area contributed by atoms with E-state index in [9.17, 15) is 9.59 Å². The average molecular weight is 411 g/mol. The summed E-state index contributed by atoms with van der Waals surface area (Å²) in [5.74, 6) is -0.00777. The molecule has 0 aliphatic heterocycles. The molecule has 0 amide bonds. The van der Waals surface area contributed by atoms with E-state index in [1.807, 2.05) is 6.07 Å². The Morgan fingerprint density at radius 3 is 1.33 bits per heavy atom. The van der Waals surface area contributed by atoms with Crippen molar-refractivity contribution in [2.45, 2.75) is 54.6 Å². The molecule has 0 fully saturated rings. The van der Waals surface area contributed by atoms with E-state index in [0.29, 0.717) is 0 Å². The fourth-order valence-corrected chi connectivity index (χ4v) is 4.36. The second-order valence-corrected chi connectivity index (χ2v) is 7.87. The van der Waals surface area contributed by atoms with Crippen LogP contribution >= 0.6 is 0 Å². The van der Waals surface area contributed by atoms with Gasteiger partial charge in [0, 0.05) is 49.1 Å². The van der Waals surface area contributed by atoms with Crippen LogP contribution in [-0.4, -0.2) is 56.9 Å². The van der Waals surface area contributed by atoms with E-state index in [2.05, 4.69) is 55.7 Å². The van der Waals surface area contributed by atoms with Gasteiger partial charge in [-0.3, -0.25) is 28.5 Å². The molecule has 0 saturated carbocycles. The maximum atomic E-state index is 12.5. The second-order valence-electron chi connectivity index (χ2n) is 7.87. The van der Waals surface area contributed by atoms with Gasteiger partial charge in [-0.25, -0.2) is 0 Å². The number of rotatable bonds is 8. The first-order chi connectivity index (χ1) is 14.3. The minimum absolute atomic E-state index is 0.00389. The highest BCUT2D eigenvalue weighted by molar-refractivity contribution is 6.03. The summed E-state index contributed by atoms with van der Waals surface area (Å²) in [6.07, 6.45) is 0. The Labute approximate surface area is 179 Å². The number of hydrogen-bond donors (Lipinski definition) is 0. The van der Waals surface area contributed by atoms with E-state index in [4.69, 9.17) is 0 Å². The molecule has 162 valence electrons. The smallest absolute Gasteiger partial charge is 0.228 e. The molecular formula is C24H34N4O2. The van der Waals surface area contributed by atoms with Crippen LogP contribution in [0.4, 0.5) is 0 Å². The largest absolute Gasteiger partial charge is 0.298 e. The lowest BCUT2D eigenvalue weighted by Gasteiger charge is -2.19. The van der Waals surface area contributed by atoms with Gasteiger partial charge in [0.15, 0.2) is 0 Å². The molecule has 0 bridgehead atoms. The van der Waals surface area contributed by atoms with Crippen LogP contribution in [0.5, 0.6) is 0 Å². The molecule has 30 heavy (non-hydrogen) atoms. The van der Waals surface area contributed by atoms with Gasteiger partial charge >= 0.3 is 0 Å². The molecule has 3 rings (SSSR count). The van der Waals surface area contributed by atoms with Crippen LogP contribution in [-0.2, 0) is 13.1 Å². The topological polar surface area (TPSA) is 50.5 Å². The van der Waals surface area contributed by atoms with E-state index in [-0.39, 0.29) is 11.8 Å². The zero-order valence-electron chi connectivity index (χ0n) is 19.2. The summed E-state index contributed by atoms with van der Waals surface area (Å²) in [5.41, 5.74) is 3.72. The summed E-state index contributed by atoms with van der Waals surface area (Å²) in [6, 6.07) is 8.35. The lowest BCUT2D eigenvalue weighted by atomic mass is 10.2. The van der Waals surface area contributed by atoms with Gasteiger partial charge in [0.25, 0.3) is 0 Å². The number of benzene rings is 1. The van der Waals surface area contributed by atoms with Crippen molar-refractivity contribution in [1.29, 1.82) is 0 Å². The van der Waals surface area contributed by atoms with E-state index < -0.39 is 0 Å². The first-order valence-corrected chi connectivity index (χ1v) is 11.0. The summed E-state index contributed by atoms with van der Waals surface area (Å²) < 4.78 is 3.60. The van der Waals surface area contributed by atoms with Gasteiger partial charge in [0.05, 0.1) is 11.0 Å². The van der Waals surface area contributed by atoms with Crippen molar-refractivity contribution < 1.29 is 9.59 Å². The fourth-order valence-electron chi connectivity index (χ4n) is 4.36. The molecule has 0 aliphatic rings. The molecule has 3 aromatic rings. The van der Waals surface area contributed by atoms with Crippen LogP contribution in [0.1, 0.15) is 62.5 Å². The van der Waals surface area contributed by atoms with Gasteiger partial charge in [0.2, 0.25) is 11.8 Å². The summed E-state index contributed by atoms with van der Waals surface area (Å²) >= 11 is 0. The molecule has 0 unspecified atom stereocenters. The van der Waals surface area contributed by atoms with Gasteiger partial charge in [-0.1, -0.05) is 27.7 Å². The van der Waals surface area contributed by atoms with Gasteiger partial charge in [-0.05, 0) is 50.4 Å². The van der Waals surface area contributed by atoms with Gasteiger partial charge in [-0.2, -0.15) is 0 Å². The lowest BCUT2D eigenvalue weighted by Crippen LogP contribution is -2.25. The van der Waals surface area contributed by atoms with Crippen molar-refractivity contribution in [2.75, 3.05) is 26.2 Å². The lowest BCUT2D eigenvalue weighted by molar-refractivity contribution is 0.0927. The van der Waals surface area contributed by atoms with E-state index in [1.54, 1.807) is 23.0 Å². The zero-order valence-corrected chi connectivity index (χ0v) is 19.2. The van der Waals surface area contributed by atoms with Crippen molar-refractivity contribution in [3.8, 4) is 0 Å². The Bertz CT molecular complexity index is 986. The molecular weight excluding hydrogens is 376 g/mol. The molecule has 6 nitrogen and oxygen atoms in total. The molecule has 0 radical (unpaired) electrons. The molecule has 1 aromatic carbocycles. The quantitative estimate of drug-likeness (QED) is 0.545. The highest BCUT2D eigenvalue weighted by Crippen LogP contribution is 2.30. The molecule has 0 saturated heterocycles. The molecule has 2 aromatic heterocycles. The molecule has 6 heteroatoms. The average Bonchev–Trinajstić information content (AvgIpc) is 3.24. The van der Waals surface area contributed by atoms with Crippen molar-refractivity contribution in [1.82, 2.24) is 18.9 Å². The van der Waals surface area contributed by atoms with Crippen molar-refractivity contribution in [2.24, 2.45) is 0 Å². The van der Waals surface area contributed by atoms with E-state index >= 15 is 0 Å². The Morgan fingerprint density at radius 1 is 0.667 bits per heavy atom. The standard InChI is InChI=1S/C24H34N4O2/c1-7-25(8-2)15-21-12-19-11-20-13-22(16-26(9-3)10-4)28(18(6)30)24(20)14-23(19)27(21)17(5)29/h11-14H,7-10,15-16H2,1-6H3. The number of carbonyl (C=O) groups is 2. The summed E-state index contributed by atoms with van der Waals surface area (Å²) in [7, 11) is 0. The van der Waals surface area contributed by atoms with Crippen LogP contribution in [0.2, 0.25) is 0 Å². The Hall–Kier alpha value is -2.44. The Kier molecular flexibility index (Phi) is 6.78. The van der Waals surface area contributed by atoms with Crippen LogP contribution in [0, 0.1) is 0 Å². The molecule has 0 N–H and O–H groups in total. The fraction of sp³-hybridized carbons (Fsp3) is 0.500. The Balaban J connectivity index is 2.21. The summed E-state index contributed by atoms with van der Waals surface area (Å²) in [5, 5.41) is 2.07. The third-order valence-corrected chi connectivity index (χ3v) is 6.07. The number of aromatic nitrogens is 2. The predicted octanol–water partition coefficient (Wildman–Crippen LogP) is 4.60. The number of nitrogens with zero attached hydrogens (tertiary/aromatic N) is 4. The van der Waals surface area contributed by atoms with Crippen LogP contribution in [0.25, 0.3) is 21.8 Å². The minimum atomic E-state index is -0.00389. The second kappa shape index (κ2) is 9.14. The van der Waals surface area contributed by atoms with Crippen LogP contribution in [0.3, 0.4) is 0 Å². The van der Waals surface area contributed by atoms with Crippen molar-refractivity contribution in [3.63, 3.8) is 0 Å². The minimum Gasteiger partial charge on any atom is -0.298 e. The highest BCUT2D eigenvalue weighted by atomic mass is 16.2. The normalized spacial score (nSPS) is 12.0. The van der Waals surface area contributed by atoms with Gasteiger partial charge < -0.3 is 0 Å². The van der Waals surface area contributed by atoms with Gasteiger partial charge in [0.1, 0.15) is 0 Å². The maximum absolute atomic E-state index is 12.5. The molecule has 0 aliphatic carbocycles. The number of carbonyl (C=O) groups excluding carboxylic acids is 2. The van der Waals surface area contributed by atoms with E-state index in [1.165, 1.54) is 0 Å². The third-order valence-electron chi connectivity index (χ3n) is 6.07. The predicted molar refractivity (Wildman–Crippen MR) is 123 cm³/mol. The maximum Gasteiger partial charge on any atom is 0.228 e. The SMILES string of the molecule is CCN(CC)Cc1cc2cc3cc(CN(CC)CC)n(C(C)=O)c3cc2n1C(C)=O. The number of hydrogen-bond acceptors (Lipinski definition) is 4. The van der Waals surface area contributed by atoms with E-state index in [0.717, 1.165) is 72.5 Å². The first kappa shape index (κ1) is 22.2. The number of fused-ring (bicyclic) bond motifs is 2. The third kappa shape index (κ3) is 4.07. The van der Waals surface area contributed by atoms with Gasteiger partial charge in [-0.15, -0.1) is 0 Å². The first-order valence-electron chi connectivity index (χ1n) is 11.0. The Morgan fingerprint density at radius 2 is 1.03 bits per heavy atom. The van der Waals surface area contributed by atoms with Crippen molar-refractivity contribution in [3.05, 3.63) is 35.7 Å². The van der Waals surface area contributed by atoms with Crippen molar-refractivity contribution >= 4 is 33.6 Å². The summed E-state index contributed by atoms with van der Waals surface area (Å²) in [6.45, 7) is 16.9. The summed E-state index contributed by atoms with van der Waals surface area (Å²) in [4.78, 5) is 29.7. The molecule has 2 heterocycles. The highest BCUT2D eigenvalue weighted by Gasteiger charge is 2.19. The van der Waals surface area contributed by atoms with Crippen LogP contribution in [0.15, 0.2) is 24.3 Å². The zero-order chi connectivity index (χ0) is 22.0. The molecule has 0 spiro atoms. The van der Waals surface area contributed by atoms with Crippen LogP contribution < -0.4 is 0 Å². The molecule has 0 atom stereocenters. The monoisotopic (exact) mass is 410 g/mol.